The van der Waals surface area contributed by atoms with Crippen LogP contribution in [0.25, 0.3) is 0 Å². The van der Waals surface area contributed by atoms with Gasteiger partial charge < -0.3 is 4.74 Å². The van der Waals surface area contributed by atoms with Gasteiger partial charge in [-0.3, -0.25) is 10.1 Å². The predicted octanol–water partition coefficient (Wildman–Crippen LogP) is 3.14. The molecule has 124 valence electrons. The summed E-state index contributed by atoms with van der Waals surface area (Å²) in [6.07, 6.45) is -0.836. The average molecular weight is 341 g/mol. The molecule has 0 aliphatic carbocycles. The van der Waals surface area contributed by atoms with Crippen LogP contribution in [0.4, 0.5) is 10.3 Å². The predicted molar refractivity (Wildman–Crippen MR) is 85.2 cm³/mol. The van der Waals surface area contributed by atoms with Crippen LogP contribution < -0.4 is 10.1 Å². The minimum atomic E-state index is -0.836. The van der Waals surface area contributed by atoms with Gasteiger partial charge in [0.05, 0.1) is 5.02 Å². The highest BCUT2D eigenvalue weighted by molar-refractivity contribution is 6.32. The second kappa shape index (κ2) is 6.95. The molecule has 1 atom stereocenters. The third-order valence-corrected chi connectivity index (χ3v) is 3.39. The molecule has 23 heavy (non-hydrogen) atoms. The molecule has 1 N–H and O–H groups in total. The fourth-order valence-electron chi connectivity index (χ4n) is 1.78. The zero-order valence-electron chi connectivity index (χ0n) is 13.3. The smallest absolute Gasteiger partial charge is 0.267 e. The highest BCUT2D eigenvalue weighted by Gasteiger charge is 2.19. The number of carbonyl (C=O) groups excluding carboxylic acids is 1. The molecule has 1 heterocycles. The van der Waals surface area contributed by atoms with Gasteiger partial charge in [-0.15, -0.1) is 0 Å². The van der Waals surface area contributed by atoms with Gasteiger partial charge in [0.2, 0.25) is 5.95 Å². The van der Waals surface area contributed by atoms with Crippen molar-refractivity contribution in [3.63, 3.8) is 0 Å². The van der Waals surface area contributed by atoms with Crippen molar-refractivity contribution in [1.29, 1.82) is 0 Å². The van der Waals surface area contributed by atoms with E-state index in [-0.39, 0.29) is 16.7 Å². The van der Waals surface area contributed by atoms with E-state index in [0.29, 0.717) is 11.8 Å². The Morgan fingerprint density at radius 2 is 2.09 bits per heavy atom. The van der Waals surface area contributed by atoms with E-state index in [1.54, 1.807) is 14.0 Å². The fraction of sp³-hybridized carbons (Fsp3) is 0.400. The van der Waals surface area contributed by atoms with Crippen LogP contribution in [0.3, 0.4) is 0 Å². The lowest BCUT2D eigenvalue weighted by Gasteiger charge is -2.15. The van der Waals surface area contributed by atoms with E-state index < -0.39 is 17.8 Å². The van der Waals surface area contributed by atoms with Crippen LogP contribution in [0.15, 0.2) is 18.2 Å². The van der Waals surface area contributed by atoms with Crippen LogP contribution in [0.1, 0.15) is 32.5 Å². The Labute approximate surface area is 138 Å². The number of nitrogens with one attached hydrogen (secondary N) is 1. The van der Waals surface area contributed by atoms with Gasteiger partial charge >= 0.3 is 0 Å². The quantitative estimate of drug-likeness (QED) is 0.907. The van der Waals surface area contributed by atoms with Crippen molar-refractivity contribution >= 4 is 23.5 Å². The molecule has 0 aliphatic heterocycles. The Morgan fingerprint density at radius 3 is 2.65 bits per heavy atom. The van der Waals surface area contributed by atoms with E-state index in [9.17, 15) is 9.18 Å². The molecule has 1 amide bonds. The Morgan fingerprint density at radius 1 is 1.39 bits per heavy atom. The number of amides is 1. The second-order valence-corrected chi connectivity index (χ2v) is 5.80. The van der Waals surface area contributed by atoms with Crippen molar-refractivity contribution < 1.29 is 13.9 Å². The molecule has 0 saturated heterocycles. The standard InChI is InChI=1S/C15H18ClFN4O2/c1-8(2)13-18-15(21(4)20-13)19-14(22)9(3)23-12-6-5-10(17)7-11(12)16/h5-9H,1-4H3,(H,18,19,20,22)/t9-/m1/s1. The molecule has 0 saturated carbocycles. The Balaban J connectivity index is 2.05. The lowest BCUT2D eigenvalue weighted by molar-refractivity contribution is -0.122. The van der Waals surface area contributed by atoms with Gasteiger partial charge in [0.25, 0.3) is 5.91 Å². The van der Waals surface area contributed by atoms with E-state index in [1.807, 2.05) is 13.8 Å². The third kappa shape index (κ3) is 4.19. The maximum atomic E-state index is 13.0. The van der Waals surface area contributed by atoms with Crippen molar-refractivity contribution in [3.8, 4) is 5.75 Å². The molecule has 0 spiro atoms. The molecule has 8 heteroatoms. The van der Waals surface area contributed by atoms with Crippen LogP contribution in [0, 0.1) is 5.82 Å². The van der Waals surface area contributed by atoms with Gasteiger partial charge in [-0.05, 0) is 25.1 Å². The van der Waals surface area contributed by atoms with Crippen LogP contribution in [0.2, 0.25) is 5.02 Å². The van der Waals surface area contributed by atoms with Crippen LogP contribution >= 0.6 is 11.6 Å². The number of aromatic nitrogens is 3. The minimum Gasteiger partial charge on any atom is -0.479 e. The molecular formula is C15H18ClFN4O2. The van der Waals surface area contributed by atoms with Gasteiger partial charge in [-0.2, -0.15) is 10.1 Å². The number of hydrogen-bond donors (Lipinski definition) is 1. The minimum absolute atomic E-state index is 0.102. The van der Waals surface area contributed by atoms with E-state index in [1.165, 1.54) is 16.8 Å². The van der Waals surface area contributed by atoms with E-state index in [4.69, 9.17) is 16.3 Å². The van der Waals surface area contributed by atoms with Gasteiger partial charge in [-0.1, -0.05) is 25.4 Å². The van der Waals surface area contributed by atoms with Gasteiger partial charge in [0, 0.05) is 13.0 Å². The molecule has 1 aromatic carbocycles. The topological polar surface area (TPSA) is 69.0 Å². The number of aryl methyl sites for hydroxylation is 1. The number of ether oxygens (including phenoxy) is 1. The first kappa shape index (κ1) is 17.2. The Hall–Kier alpha value is -2.15. The summed E-state index contributed by atoms with van der Waals surface area (Å²) in [6, 6.07) is 3.71. The molecule has 1 aromatic heterocycles. The summed E-state index contributed by atoms with van der Waals surface area (Å²) >= 11 is 5.88. The number of carbonyl (C=O) groups is 1. The first-order valence-electron chi connectivity index (χ1n) is 7.11. The summed E-state index contributed by atoms with van der Waals surface area (Å²) in [6.45, 7) is 5.49. The number of hydrogen-bond acceptors (Lipinski definition) is 4. The summed E-state index contributed by atoms with van der Waals surface area (Å²) in [5.74, 6) is 0.475. The molecular weight excluding hydrogens is 323 g/mol. The molecule has 0 fully saturated rings. The summed E-state index contributed by atoms with van der Waals surface area (Å²) in [7, 11) is 1.69. The number of anilines is 1. The first-order valence-corrected chi connectivity index (χ1v) is 7.49. The van der Waals surface area contributed by atoms with Crippen molar-refractivity contribution in [2.75, 3.05) is 5.32 Å². The normalized spacial score (nSPS) is 12.3. The Bertz CT molecular complexity index is 717. The number of nitrogens with zero attached hydrogens (tertiary/aromatic N) is 3. The van der Waals surface area contributed by atoms with Crippen LogP contribution in [-0.2, 0) is 11.8 Å². The lowest BCUT2D eigenvalue weighted by atomic mass is 10.2. The number of benzene rings is 1. The molecule has 2 aromatic rings. The number of rotatable bonds is 5. The maximum absolute atomic E-state index is 13.0. The van der Waals surface area contributed by atoms with Gasteiger partial charge in [0.15, 0.2) is 11.9 Å². The summed E-state index contributed by atoms with van der Waals surface area (Å²) in [4.78, 5) is 16.4. The van der Waals surface area contributed by atoms with E-state index in [0.717, 1.165) is 6.07 Å². The molecule has 2 rings (SSSR count). The Kier molecular flexibility index (Phi) is 5.20. The van der Waals surface area contributed by atoms with Crippen molar-refractivity contribution in [2.24, 2.45) is 7.05 Å². The monoisotopic (exact) mass is 340 g/mol. The molecule has 0 aliphatic rings. The summed E-state index contributed by atoms with van der Waals surface area (Å²) < 4.78 is 20.0. The van der Waals surface area contributed by atoms with E-state index >= 15 is 0 Å². The zero-order valence-corrected chi connectivity index (χ0v) is 14.1. The van der Waals surface area contributed by atoms with Crippen LogP contribution in [-0.4, -0.2) is 26.8 Å². The molecule has 0 radical (unpaired) electrons. The van der Waals surface area contributed by atoms with Crippen LogP contribution in [0.5, 0.6) is 5.75 Å². The summed E-state index contributed by atoms with van der Waals surface area (Å²) in [5, 5.41) is 6.96. The largest absolute Gasteiger partial charge is 0.479 e. The zero-order chi connectivity index (χ0) is 17.1. The fourth-order valence-corrected chi connectivity index (χ4v) is 2.00. The van der Waals surface area contributed by atoms with Crippen molar-refractivity contribution in [1.82, 2.24) is 14.8 Å². The number of halogens is 2. The van der Waals surface area contributed by atoms with Crippen molar-refractivity contribution in [2.45, 2.75) is 32.8 Å². The highest BCUT2D eigenvalue weighted by Crippen LogP contribution is 2.26. The van der Waals surface area contributed by atoms with Crippen molar-refractivity contribution in [3.05, 3.63) is 34.9 Å². The SMILES string of the molecule is CC(C)c1nc(NC(=O)[C@@H](C)Oc2ccc(F)cc2Cl)n(C)n1. The second-order valence-electron chi connectivity index (χ2n) is 5.40. The maximum Gasteiger partial charge on any atom is 0.267 e. The highest BCUT2D eigenvalue weighted by atomic mass is 35.5. The molecule has 0 bridgehead atoms. The lowest BCUT2D eigenvalue weighted by Crippen LogP contribution is -2.31. The third-order valence-electron chi connectivity index (χ3n) is 3.10. The molecule has 0 unspecified atom stereocenters. The van der Waals surface area contributed by atoms with E-state index in [2.05, 4.69) is 15.4 Å². The van der Waals surface area contributed by atoms with Gasteiger partial charge in [0.1, 0.15) is 11.6 Å². The summed E-state index contributed by atoms with van der Waals surface area (Å²) in [5.41, 5.74) is 0. The first-order chi connectivity index (χ1) is 10.8. The van der Waals surface area contributed by atoms with Gasteiger partial charge in [-0.25, -0.2) is 9.07 Å². The average Bonchev–Trinajstić information content (AvgIpc) is 2.83. The molecule has 6 nitrogen and oxygen atoms in total.